The molecule has 0 unspecified atom stereocenters. The molecule has 3 aromatic heterocycles. The summed E-state index contributed by atoms with van der Waals surface area (Å²) in [5.41, 5.74) is 3.78. The number of fused-ring (bicyclic) bond motifs is 1. The van der Waals surface area contributed by atoms with Gasteiger partial charge in [-0.1, -0.05) is 23.9 Å². The van der Waals surface area contributed by atoms with Gasteiger partial charge in [-0.3, -0.25) is 4.68 Å². The van der Waals surface area contributed by atoms with E-state index in [1.54, 1.807) is 18.0 Å². The lowest BCUT2D eigenvalue weighted by Gasteiger charge is -2.09. The summed E-state index contributed by atoms with van der Waals surface area (Å²) in [6.45, 7) is 1.78. The Bertz CT molecular complexity index is 1150. The molecular weight excluding hydrogens is 368 g/mol. The Morgan fingerprint density at radius 1 is 1.07 bits per heavy atom. The SMILES string of the molecule is CN(C)CCn1cc(-c2cc(Sc3ccccc3C#N)c3ccnn3c2)cn1. The van der Waals surface area contributed by atoms with Crippen molar-refractivity contribution in [2.75, 3.05) is 20.6 Å². The highest BCUT2D eigenvalue weighted by atomic mass is 32.2. The second-order valence-corrected chi connectivity index (χ2v) is 7.84. The van der Waals surface area contributed by atoms with E-state index in [1.807, 2.05) is 51.9 Å². The Morgan fingerprint density at radius 2 is 1.93 bits per heavy atom. The van der Waals surface area contributed by atoms with E-state index in [0.717, 1.165) is 39.5 Å². The molecule has 0 spiro atoms. The fourth-order valence-electron chi connectivity index (χ4n) is 2.94. The zero-order valence-corrected chi connectivity index (χ0v) is 16.6. The van der Waals surface area contributed by atoms with E-state index in [1.165, 1.54) is 0 Å². The highest BCUT2D eigenvalue weighted by molar-refractivity contribution is 7.99. The first-order valence-electron chi connectivity index (χ1n) is 8.96. The Hall–Kier alpha value is -3.08. The molecule has 0 saturated carbocycles. The summed E-state index contributed by atoms with van der Waals surface area (Å²) < 4.78 is 3.84. The maximum absolute atomic E-state index is 9.40. The smallest absolute Gasteiger partial charge is 0.100 e. The van der Waals surface area contributed by atoms with Gasteiger partial charge in [-0.2, -0.15) is 15.5 Å². The van der Waals surface area contributed by atoms with Crippen LogP contribution in [0.1, 0.15) is 5.56 Å². The number of aromatic nitrogens is 4. The zero-order chi connectivity index (χ0) is 19.5. The molecule has 0 aliphatic carbocycles. The van der Waals surface area contributed by atoms with E-state index < -0.39 is 0 Å². The molecule has 6 nitrogen and oxygen atoms in total. The molecule has 4 rings (SSSR count). The molecule has 140 valence electrons. The number of rotatable bonds is 6. The van der Waals surface area contributed by atoms with Crippen LogP contribution in [0.15, 0.2) is 71.0 Å². The van der Waals surface area contributed by atoms with E-state index in [2.05, 4.69) is 47.5 Å². The second kappa shape index (κ2) is 7.89. The van der Waals surface area contributed by atoms with Gasteiger partial charge in [-0.15, -0.1) is 0 Å². The van der Waals surface area contributed by atoms with Crippen molar-refractivity contribution in [1.29, 1.82) is 5.26 Å². The first-order valence-corrected chi connectivity index (χ1v) is 9.77. The van der Waals surface area contributed by atoms with Crippen LogP contribution in [-0.2, 0) is 6.54 Å². The van der Waals surface area contributed by atoms with Crippen LogP contribution in [0.5, 0.6) is 0 Å². The van der Waals surface area contributed by atoms with E-state index in [0.29, 0.717) is 5.56 Å². The summed E-state index contributed by atoms with van der Waals surface area (Å²) in [5, 5.41) is 18.3. The fraction of sp³-hybridized carbons (Fsp3) is 0.190. The molecule has 1 aromatic carbocycles. The van der Waals surface area contributed by atoms with Gasteiger partial charge >= 0.3 is 0 Å². The lowest BCUT2D eigenvalue weighted by molar-refractivity contribution is 0.373. The molecule has 0 N–H and O–H groups in total. The minimum absolute atomic E-state index is 0.673. The lowest BCUT2D eigenvalue weighted by Crippen LogP contribution is -2.18. The highest BCUT2D eigenvalue weighted by Gasteiger charge is 2.12. The van der Waals surface area contributed by atoms with Crippen molar-refractivity contribution in [2.45, 2.75) is 16.3 Å². The van der Waals surface area contributed by atoms with Crippen molar-refractivity contribution in [2.24, 2.45) is 0 Å². The van der Waals surface area contributed by atoms with Crippen LogP contribution < -0.4 is 0 Å². The van der Waals surface area contributed by atoms with Crippen LogP contribution in [0.2, 0.25) is 0 Å². The minimum Gasteiger partial charge on any atom is -0.308 e. The standard InChI is InChI=1S/C21H20N6S/c1-25(2)9-10-26-14-18(13-24-26)17-11-21(19-7-8-23-27(19)15-17)28-20-6-4-3-5-16(20)12-22/h3-8,11,13-15H,9-10H2,1-2H3. The van der Waals surface area contributed by atoms with Gasteiger partial charge in [0.1, 0.15) is 6.07 Å². The lowest BCUT2D eigenvalue weighted by atomic mass is 10.1. The molecule has 4 aromatic rings. The summed E-state index contributed by atoms with van der Waals surface area (Å²) in [6, 6.07) is 14.1. The van der Waals surface area contributed by atoms with E-state index in [-0.39, 0.29) is 0 Å². The Labute approximate surface area is 168 Å². The van der Waals surface area contributed by atoms with Gasteiger partial charge in [0.2, 0.25) is 0 Å². The predicted octanol–water partition coefficient (Wildman–Crippen LogP) is 3.78. The summed E-state index contributed by atoms with van der Waals surface area (Å²) in [6.07, 6.45) is 7.76. The van der Waals surface area contributed by atoms with Gasteiger partial charge in [0.05, 0.1) is 30.0 Å². The van der Waals surface area contributed by atoms with Crippen LogP contribution in [0.4, 0.5) is 0 Å². The summed E-state index contributed by atoms with van der Waals surface area (Å²) in [7, 11) is 4.11. The Morgan fingerprint density at radius 3 is 2.75 bits per heavy atom. The number of benzene rings is 1. The summed E-state index contributed by atoms with van der Waals surface area (Å²) >= 11 is 1.59. The quantitative estimate of drug-likeness (QED) is 0.503. The van der Waals surface area contributed by atoms with Crippen molar-refractivity contribution in [3.05, 3.63) is 66.7 Å². The molecule has 0 aliphatic heterocycles. The highest BCUT2D eigenvalue weighted by Crippen LogP contribution is 2.35. The second-order valence-electron chi connectivity index (χ2n) is 6.76. The minimum atomic E-state index is 0.673. The van der Waals surface area contributed by atoms with Crippen LogP contribution in [0, 0.1) is 11.3 Å². The average molecular weight is 389 g/mol. The van der Waals surface area contributed by atoms with Crippen LogP contribution >= 0.6 is 11.8 Å². The van der Waals surface area contributed by atoms with Crippen LogP contribution in [-0.4, -0.2) is 44.9 Å². The largest absolute Gasteiger partial charge is 0.308 e. The Kier molecular flexibility index (Phi) is 5.15. The van der Waals surface area contributed by atoms with Gasteiger partial charge in [0, 0.05) is 39.9 Å². The third-order valence-electron chi connectivity index (χ3n) is 4.44. The monoisotopic (exact) mass is 388 g/mol. The molecular formula is C21H20N6S. The zero-order valence-electron chi connectivity index (χ0n) is 15.8. The van der Waals surface area contributed by atoms with Gasteiger partial charge in [-0.05, 0) is 38.4 Å². The number of nitriles is 1. The van der Waals surface area contributed by atoms with Crippen LogP contribution in [0.3, 0.4) is 0 Å². The van der Waals surface area contributed by atoms with E-state index in [4.69, 9.17) is 0 Å². The molecule has 0 aliphatic rings. The summed E-state index contributed by atoms with van der Waals surface area (Å²) in [4.78, 5) is 4.13. The van der Waals surface area contributed by atoms with Crippen molar-refractivity contribution in [3.8, 4) is 17.2 Å². The van der Waals surface area contributed by atoms with Gasteiger partial charge in [0.25, 0.3) is 0 Å². The summed E-state index contributed by atoms with van der Waals surface area (Å²) in [5.74, 6) is 0. The van der Waals surface area contributed by atoms with Crippen LogP contribution in [0.25, 0.3) is 16.6 Å². The first kappa shape index (κ1) is 18.3. The topological polar surface area (TPSA) is 62.2 Å². The third kappa shape index (κ3) is 3.79. The van der Waals surface area contributed by atoms with Crippen molar-refractivity contribution in [3.63, 3.8) is 0 Å². The average Bonchev–Trinajstić information content (AvgIpc) is 3.36. The number of hydrogen-bond donors (Lipinski definition) is 0. The molecule has 3 heterocycles. The maximum Gasteiger partial charge on any atom is 0.100 e. The number of hydrogen-bond acceptors (Lipinski definition) is 5. The molecule has 0 atom stereocenters. The van der Waals surface area contributed by atoms with Crippen molar-refractivity contribution in [1.82, 2.24) is 24.3 Å². The first-order chi connectivity index (χ1) is 13.6. The molecule has 0 fully saturated rings. The molecule has 28 heavy (non-hydrogen) atoms. The number of nitrogens with zero attached hydrogens (tertiary/aromatic N) is 6. The normalized spacial score (nSPS) is 11.2. The predicted molar refractivity (Wildman–Crippen MR) is 110 cm³/mol. The van der Waals surface area contributed by atoms with E-state index in [9.17, 15) is 5.26 Å². The van der Waals surface area contributed by atoms with Crippen molar-refractivity contribution >= 4 is 17.3 Å². The van der Waals surface area contributed by atoms with E-state index >= 15 is 0 Å². The van der Waals surface area contributed by atoms with Gasteiger partial charge in [-0.25, -0.2) is 4.52 Å². The molecule has 0 amide bonds. The van der Waals surface area contributed by atoms with Gasteiger partial charge < -0.3 is 4.90 Å². The van der Waals surface area contributed by atoms with Crippen molar-refractivity contribution < 1.29 is 0 Å². The molecule has 0 bridgehead atoms. The maximum atomic E-state index is 9.40. The molecule has 0 radical (unpaired) electrons. The fourth-order valence-corrected chi connectivity index (χ4v) is 4.00. The molecule has 0 saturated heterocycles. The van der Waals surface area contributed by atoms with Gasteiger partial charge in [0.15, 0.2) is 0 Å². The number of pyridine rings is 1. The number of likely N-dealkylation sites (N-methyl/N-ethyl adjacent to an activating group) is 1. The third-order valence-corrected chi connectivity index (χ3v) is 5.56. The Balaban J connectivity index is 1.71. The molecule has 7 heteroatoms.